The summed E-state index contributed by atoms with van der Waals surface area (Å²) < 4.78 is 21.8. The Morgan fingerprint density at radius 3 is 3.00 bits per heavy atom. The molecule has 0 aromatic rings. The number of carbonyl (C=O) groups excluding carboxylic acids is 1. The van der Waals surface area contributed by atoms with Crippen LogP contribution in [0, 0.1) is 17.8 Å². The minimum Gasteiger partial charge on any atom is -0.467 e. The third kappa shape index (κ3) is 4.82. The van der Waals surface area contributed by atoms with Gasteiger partial charge in [0.15, 0.2) is 6.29 Å². The fraction of sp³-hybridized carbons (Fsp3) is 0.842. The summed E-state index contributed by atoms with van der Waals surface area (Å²) in [6, 6.07) is 0. The Kier molecular flexibility index (Phi) is 6.87. The Labute approximate surface area is 149 Å². The van der Waals surface area contributed by atoms with Crippen LogP contribution >= 0.6 is 0 Å². The molecule has 2 fully saturated rings. The highest BCUT2D eigenvalue weighted by molar-refractivity contribution is 5.70. The van der Waals surface area contributed by atoms with Gasteiger partial charge in [-0.1, -0.05) is 11.6 Å². The Balaban J connectivity index is 1.45. The highest BCUT2D eigenvalue weighted by Crippen LogP contribution is 2.48. The molecule has 6 nitrogen and oxygen atoms in total. The lowest BCUT2D eigenvalue weighted by Crippen LogP contribution is -2.32. The molecule has 142 valence electrons. The normalized spacial score (nSPS) is 34.6. The van der Waals surface area contributed by atoms with E-state index in [2.05, 4.69) is 10.8 Å². The molecule has 25 heavy (non-hydrogen) atoms. The predicted molar refractivity (Wildman–Crippen MR) is 90.8 cm³/mol. The summed E-state index contributed by atoms with van der Waals surface area (Å²) in [5.41, 5.74) is 1.37. The number of esters is 1. The summed E-state index contributed by atoms with van der Waals surface area (Å²) in [7, 11) is 1.36. The van der Waals surface area contributed by atoms with Gasteiger partial charge < -0.3 is 24.1 Å². The zero-order valence-corrected chi connectivity index (χ0v) is 15.0. The summed E-state index contributed by atoms with van der Waals surface area (Å²) in [5, 5.41) is 9.88. The Bertz CT molecular complexity index is 471. The van der Waals surface area contributed by atoms with Gasteiger partial charge in [-0.2, -0.15) is 0 Å². The summed E-state index contributed by atoms with van der Waals surface area (Å²) in [6.45, 7) is 1.48. The number of aliphatic hydroxyl groups excluding tert-OH is 1. The smallest absolute Gasteiger partial charge is 0.331 e. The lowest BCUT2D eigenvalue weighted by molar-refractivity contribution is -0.198. The number of rotatable bonds is 8. The summed E-state index contributed by atoms with van der Waals surface area (Å²) in [5.74, 6) is 0.762. The van der Waals surface area contributed by atoms with Crippen LogP contribution in [0.1, 0.15) is 38.5 Å². The van der Waals surface area contributed by atoms with Gasteiger partial charge in [-0.05, 0) is 50.4 Å². The summed E-state index contributed by atoms with van der Waals surface area (Å²) in [6.07, 6.45) is 8.35. The van der Waals surface area contributed by atoms with Crippen LogP contribution in [-0.2, 0) is 23.7 Å². The third-order valence-corrected chi connectivity index (χ3v) is 5.72. The summed E-state index contributed by atoms with van der Waals surface area (Å²) in [4.78, 5) is 11.0. The maximum Gasteiger partial charge on any atom is 0.331 e. The van der Waals surface area contributed by atoms with Gasteiger partial charge in [-0.25, -0.2) is 4.79 Å². The van der Waals surface area contributed by atoms with E-state index >= 15 is 0 Å². The molecule has 3 aliphatic rings. The third-order valence-electron chi connectivity index (χ3n) is 5.72. The topological polar surface area (TPSA) is 74.2 Å². The maximum atomic E-state index is 11.0. The Morgan fingerprint density at radius 2 is 2.28 bits per heavy atom. The fourth-order valence-electron chi connectivity index (χ4n) is 4.40. The molecule has 3 rings (SSSR count). The molecule has 1 aliphatic heterocycles. The quantitative estimate of drug-likeness (QED) is 0.409. The highest BCUT2D eigenvalue weighted by Gasteiger charge is 2.46. The van der Waals surface area contributed by atoms with Crippen molar-refractivity contribution < 1.29 is 28.8 Å². The van der Waals surface area contributed by atoms with Crippen molar-refractivity contribution >= 4 is 5.97 Å². The van der Waals surface area contributed by atoms with Crippen LogP contribution < -0.4 is 0 Å². The monoisotopic (exact) mass is 354 g/mol. The zero-order valence-electron chi connectivity index (χ0n) is 15.0. The zero-order chi connectivity index (χ0) is 17.6. The van der Waals surface area contributed by atoms with Gasteiger partial charge in [0.1, 0.15) is 6.61 Å². The molecule has 0 spiro atoms. The Morgan fingerprint density at radius 1 is 1.40 bits per heavy atom. The van der Waals surface area contributed by atoms with Gasteiger partial charge in [-0.15, -0.1) is 0 Å². The van der Waals surface area contributed by atoms with Crippen molar-refractivity contribution in [3.63, 3.8) is 0 Å². The number of aliphatic hydroxyl groups is 1. The van der Waals surface area contributed by atoms with Crippen LogP contribution in [-0.4, -0.2) is 57.0 Å². The van der Waals surface area contributed by atoms with Gasteiger partial charge in [0.25, 0.3) is 0 Å². The molecule has 0 aromatic heterocycles. The van der Waals surface area contributed by atoms with Crippen LogP contribution in [0.4, 0.5) is 0 Å². The van der Waals surface area contributed by atoms with E-state index in [9.17, 15) is 9.90 Å². The number of hydrogen-bond donors (Lipinski definition) is 1. The molecule has 1 unspecified atom stereocenters. The SMILES string of the molecule is COC(=O)COCCC1=C[C@@H]2C[C@H](OC3CCCCO3)[C@@H](CO)[C@@H]2C1. The van der Waals surface area contributed by atoms with E-state index in [0.29, 0.717) is 18.4 Å². The molecule has 6 heteroatoms. The minimum atomic E-state index is -0.345. The molecule has 1 saturated carbocycles. The van der Waals surface area contributed by atoms with Gasteiger partial charge in [0.2, 0.25) is 0 Å². The first-order valence-electron chi connectivity index (χ1n) is 9.43. The average Bonchev–Trinajstić information content (AvgIpc) is 3.16. The number of carbonyl (C=O) groups is 1. The first-order chi connectivity index (χ1) is 12.2. The molecule has 1 heterocycles. The standard InChI is InChI=1S/C19H30O6/c1-22-18(21)12-23-7-5-13-8-14-10-17(16(11-20)15(14)9-13)25-19-4-2-3-6-24-19/h8,14-17,19-20H,2-7,9-12H2,1H3/t14-,15-,16+,17+,19?/m1/s1. The van der Waals surface area contributed by atoms with Gasteiger partial charge in [0, 0.05) is 19.1 Å². The fourth-order valence-corrected chi connectivity index (χ4v) is 4.40. The molecule has 0 aromatic carbocycles. The second-order valence-electron chi connectivity index (χ2n) is 7.29. The van der Waals surface area contributed by atoms with Crippen LogP contribution in [0.5, 0.6) is 0 Å². The second-order valence-corrected chi connectivity index (χ2v) is 7.29. The van der Waals surface area contributed by atoms with E-state index in [-0.39, 0.29) is 37.5 Å². The molecule has 0 amide bonds. The average molecular weight is 354 g/mol. The molecule has 0 bridgehead atoms. The lowest BCUT2D eigenvalue weighted by Gasteiger charge is -2.29. The van der Waals surface area contributed by atoms with Crippen molar-refractivity contribution in [2.45, 2.75) is 50.9 Å². The second kappa shape index (κ2) is 9.12. The molecular weight excluding hydrogens is 324 g/mol. The Hall–Kier alpha value is -0.950. The molecule has 2 aliphatic carbocycles. The van der Waals surface area contributed by atoms with Crippen molar-refractivity contribution in [1.29, 1.82) is 0 Å². The van der Waals surface area contributed by atoms with Crippen LogP contribution in [0.2, 0.25) is 0 Å². The van der Waals surface area contributed by atoms with E-state index in [1.807, 2.05) is 0 Å². The minimum absolute atomic E-state index is 0.00715. The maximum absolute atomic E-state index is 11.0. The van der Waals surface area contributed by atoms with Crippen LogP contribution in [0.25, 0.3) is 0 Å². The number of ether oxygens (including phenoxy) is 4. The van der Waals surface area contributed by atoms with Gasteiger partial charge in [-0.3, -0.25) is 0 Å². The van der Waals surface area contributed by atoms with Crippen molar-refractivity contribution in [2.75, 3.05) is 33.5 Å². The van der Waals surface area contributed by atoms with E-state index < -0.39 is 0 Å². The lowest BCUT2D eigenvalue weighted by atomic mass is 9.90. The molecule has 1 saturated heterocycles. The van der Waals surface area contributed by atoms with E-state index in [1.165, 1.54) is 12.7 Å². The largest absolute Gasteiger partial charge is 0.467 e. The predicted octanol–water partition coefficient (Wildman–Crippen LogP) is 2.05. The van der Waals surface area contributed by atoms with Crippen LogP contribution in [0.15, 0.2) is 11.6 Å². The van der Waals surface area contributed by atoms with E-state index in [0.717, 1.165) is 45.1 Å². The molecule has 1 N–H and O–H groups in total. The van der Waals surface area contributed by atoms with Crippen molar-refractivity contribution in [3.8, 4) is 0 Å². The first-order valence-corrected chi connectivity index (χ1v) is 9.43. The molecule has 0 radical (unpaired) electrons. The molecular formula is C19H30O6. The van der Waals surface area contributed by atoms with Crippen molar-refractivity contribution in [2.24, 2.45) is 17.8 Å². The van der Waals surface area contributed by atoms with Crippen LogP contribution in [0.3, 0.4) is 0 Å². The molecule has 5 atom stereocenters. The number of fused-ring (bicyclic) bond motifs is 1. The van der Waals surface area contributed by atoms with Gasteiger partial charge in [0.05, 0.1) is 19.8 Å². The number of allylic oxidation sites excluding steroid dienone is 1. The van der Waals surface area contributed by atoms with E-state index in [1.54, 1.807) is 0 Å². The van der Waals surface area contributed by atoms with Crippen molar-refractivity contribution in [3.05, 3.63) is 11.6 Å². The number of methoxy groups -OCH3 is 1. The first kappa shape index (κ1) is 18.8. The number of hydrogen-bond acceptors (Lipinski definition) is 6. The van der Waals surface area contributed by atoms with Crippen molar-refractivity contribution in [1.82, 2.24) is 0 Å². The van der Waals surface area contributed by atoms with E-state index in [4.69, 9.17) is 14.2 Å². The summed E-state index contributed by atoms with van der Waals surface area (Å²) >= 11 is 0. The highest BCUT2D eigenvalue weighted by atomic mass is 16.7. The van der Waals surface area contributed by atoms with Gasteiger partial charge >= 0.3 is 5.97 Å².